The van der Waals surface area contributed by atoms with Crippen LogP contribution in [0.1, 0.15) is 26.3 Å². The molecule has 2 N–H and O–H groups in total. The van der Waals surface area contributed by atoms with E-state index in [2.05, 4.69) is 10.6 Å². The van der Waals surface area contributed by atoms with Gasteiger partial charge < -0.3 is 15.4 Å². The number of carbonyl (C=O) groups is 2. The van der Waals surface area contributed by atoms with Gasteiger partial charge in [-0.1, -0.05) is 29.8 Å². The van der Waals surface area contributed by atoms with Crippen molar-refractivity contribution in [2.75, 3.05) is 24.0 Å². The molecule has 166 valence electrons. The Kier molecular flexibility index (Phi) is 7.29. The van der Waals surface area contributed by atoms with Crippen LogP contribution in [0.15, 0.2) is 71.6 Å². The van der Waals surface area contributed by atoms with Gasteiger partial charge in [0.25, 0.3) is 11.8 Å². The molecular weight excluding hydrogens is 452 g/mol. The zero-order chi connectivity index (χ0) is 23.3. The summed E-state index contributed by atoms with van der Waals surface area (Å²) in [5.74, 6) is -0.822. The minimum atomic E-state index is -3.44. The zero-order valence-corrected chi connectivity index (χ0v) is 19.0. The number of sulfone groups is 1. The molecule has 0 saturated heterocycles. The Morgan fingerprint density at radius 1 is 0.906 bits per heavy atom. The van der Waals surface area contributed by atoms with Crippen molar-refractivity contribution >= 4 is 44.6 Å². The molecule has 3 aromatic rings. The molecule has 7 nitrogen and oxygen atoms in total. The zero-order valence-electron chi connectivity index (χ0n) is 17.4. The lowest BCUT2D eigenvalue weighted by Gasteiger charge is -2.11. The fourth-order valence-electron chi connectivity index (χ4n) is 2.93. The lowest BCUT2D eigenvalue weighted by atomic mass is 10.1. The monoisotopic (exact) mass is 472 g/mol. The number of ether oxygens (including phenoxy) is 1. The number of benzene rings is 3. The molecule has 0 radical (unpaired) electrons. The third-order valence-corrected chi connectivity index (χ3v) is 5.92. The van der Waals surface area contributed by atoms with Gasteiger partial charge in [-0.25, -0.2) is 8.42 Å². The summed E-state index contributed by atoms with van der Waals surface area (Å²) >= 11 is 6.28. The Hall–Kier alpha value is -3.20. The Labute approximate surface area is 191 Å². The molecule has 0 fully saturated rings. The predicted molar refractivity (Wildman–Crippen MR) is 124 cm³/mol. The normalized spacial score (nSPS) is 11.1. The molecule has 0 saturated carbocycles. The van der Waals surface area contributed by atoms with Gasteiger partial charge in [0, 0.05) is 30.2 Å². The minimum absolute atomic E-state index is 0.0453. The van der Waals surface area contributed by atoms with E-state index in [1.165, 1.54) is 30.3 Å². The maximum atomic E-state index is 12.5. The molecule has 0 atom stereocenters. The van der Waals surface area contributed by atoms with Crippen molar-refractivity contribution in [2.45, 2.75) is 11.5 Å². The number of nitrogens with one attached hydrogen (secondary N) is 2. The molecule has 9 heteroatoms. The molecular formula is C23H21ClN2O5S. The van der Waals surface area contributed by atoms with Crippen molar-refractivity contribution < 1.29 is 22.7 Å². The molecule has 3 aromatic carbocycles. The van der Waals surface area contributed by atoms with Gasteiger partial charge in [-0.3, -0.25) is 9.59 Å². The van der Waals surface area contributed by atoms with Crippen LogP contribution in [0.3, 0.4) is 0 Å². The fourth-order valence-corrected chi connectivity index (χ4v) is 3.82. The number of hydrogen-bond acceptors (Lipinski definition) is 5. The van der Waals surface area contributed by atoms with Gasteiger partial charge >= 0.3 is 0 Å². The molecule has 0 aromatic heterocycles. The summed E-state index contributed by atoms with van der Waals surface area (Å²) in [6.07, 6.45) is 1.07. The summed E-state index contributed by atoms with van der Waals surface area (Å²) in [4.78, 5) is 25.1. The SMILES string of the molecule is COCc1cccc(C(=O)Nc2ccc(NC(=O)c3cccc(S(C)(=O)=O)c3)c(Cl)c2)c1. The van der Waals surface area contributed by atoms with Crippen LogP contribution in [0.25, 0.3) is 0 Å². The molecule has 32 heavy (non-hydrogen) atoms. The number of hydrogen-bond donors (Lipinski definition) is 2. The van der Waals surface area contributed by atoms with E-state index < -0.39 is 15.7 Å². The molecule has 0 unspecified atom stereocenters. The van der Waals surface area contributed by atoms with Gasteiger partial charge in [-0.05, 0) is 54.1 Å². The van der Waals surface area contributed by atoms with E-state index >= 15 is 0 Å². The maximum absolute atomic E-state index is 12.5. The highest BCUT2D eigenvalue weighted by atomic mass is 35.5. The van der Waals surface area contributed by atoms with Crippen LogP contribution >= 0.6 is 11.6 Å². The van der Waals surface area contributed by atoms with Gasteiger partial charge in [-0.15, -0.1) is 0 Å². The van der Waals surface area contributed by atoms with E-state index in [1.807, 2.05) is 6.07 Å². The molecule has 0 aliphatic carbocycles. The van der Waals surface area contributed by atoms with Crippen LogP contribution in [-0.4, -0.2) is 33.6 Å². The van der Waals surface area contributed by atoms with Crippen molar-refractivity contribution in [1.82, 2.24) is 0 Å². The van der Waals surface area contributed by atoms with E-state index in [4.69, 9.17) is 16.3 Å². The molecule has 0 heterocycles. The first kappa shape index (κ1) is 23.5. The smallest absolute Gasteiger partial charge is 0.255 e. The number of rotatable bonds is 7. The first-order valence-corrected chi connectivity index (χ1v) is 11.7. The second-order valence-corrected chi connectivity index (χ2v) is 9.46. The third kappa shape index (κ3) is 5.94. The maximum Gasteiger partial charge on any atom is 0.255 e. The molecule has 0 spiro atoms. The lowest BCUT2D eigenvalue weighted by molar-refractivity contribution is 0.101. The second-order valence-electron chi connectivity index (χ2n) is 7.04. The van der Waals surface area contributed by atoms with Gasteiger partial charge in [0.2, 0.25) is 0 Å². The van der Waals surface area contributed by atoms with Crippen LogP contribution in [0.4, 0.5) is 11.4 Å². The summed E-state index contributed by atoms with van der Waals surface area (Å²) in [6, 6.07) is 17.4. The Bertz CT molecular complexity index is 1270. The van der Waals surface area contributed by atoms with Crippen molar-refractivity contribution in [1.29, 1.82) is 0 Å². The van der Waals surface area contributed by atoms with E-state index in [-0.39, 0.29) is 21.4 Å². The molecule has 0 bridgehead atoms. The van der Waals surface area contributed by atoms with Gasteiger partial charge in [-0.2, -0.15) is 0 Å². The van der Waals surface area contributed by atoms with E-state index in [1.54, 1.807) is 37.4 Å². The number of halogens is 1. The van der Waals surface area contributed by atoms with Crippen molar-refractivity contribution in [3.63, 3.8) is 0 Å². The quantitative estimate of drug-likeness (QED) is 0.531. The first-order valence-electron chi connectivity index (χ1n) is 9.47. The number of amides is 2. The third-order valence-electron chi connectivity index (χ3n) is 4.50. The van der Waals surface area contributed by atoms with Gasteiger partial charge in [0.15, 0.2) is 9.84 Å². The van der Waals surface area contributed by atoms with Gasteiger partial charge in [0.05, 0.1) is 22.2 Å². The summed E-state index contributed by atoms with van der Waals surface area (Å²) in [5.41, 5.74) is 2.29. The van der Waals surface area contributed by atoms with E-state index in [9.17, 15) is 18.0 Å². The molecule has 0 aliphatic heterocycles. The topological polar surface area (TPSA) is 102 Å². The van der Waals surface area contributed by atoms with Gasteiger partial charge in [0.1, 0.15) is 0 Å². The van der Waals surface area contributed by atoms with Crippen molar-refractivity contribution in [2.24, 2.45) is 0 Å². The largest absolute Gasteiger partial charge is 0.380 e. The summed E-state index contributed by atoms with van der Waals surface area (Å²) in [5, 5.41) is 5.62. The Morgan fingerprint density at radius 3 is 2.22 bits per heavy atom. The van der Waals surface area contributed by atoms with Crippen LogP contribution < -0.4 is 10.6 Å². The summed E-state index contributed by atoms with van der Waals surface area (Å²) < 4.78 is 28.5. The van der Waals surface area contributed by atoms with E-state index in [0.717, 1.165) is 11.8 Å². The summed E-state index contributed by atoms with van der Waals surface area (Å²) in [6.45, 7) is 0.397. The lowest BCUT2D eigenvalue weighted by Crippen LogP contribution is -2.14. The van der Waals surface area contributed by atoms with Crippen molar-refractivity contribution in [3.8, 4) is 0 Å². The standard InChI is InChI=1S/C23H21ClN2O5S/c1-31-14-15-5-3-6-16(11-15)22(27)25-18-9-10-21(20(24)13-18)26-23(28)17-7-4-8-19(12-17)32(2,29)30/h3-13H,14H2,1-2H3,(H,25,27)(H,26,28). The first-order chi connectivity index (χ1) is 15.2. The highest BCUT2D eigenvalue weighted by Crippen LogP contribution is 2.26. The van der Waals surface area contributed by atoms with E-state index in [0.29, 0.717) is 23.5 Å². The average molecular weight is 473 g/mol. The second kappa shape index (κ2) is 9.95. The van der Waals surface area contributed by atoms with Crippen LogP contribution in [-0.2, 0) is 21.2 Å². The van der Waals surface area contributed by atoms with Crippen molar-refractivity contribution in [3.05, 3.63) is 88.4 Å². The highest BCUT2D eigenvalue weighted by Gasteiger charge is 2.14. The molecule has 2 amide bonds. The minimum Gasteiger partial charge on any atom is -0.380 e. The fraction of sp³-hybridized carbons (Fsp3) is 0.130. The number of methoxy groups -OCH3 is 1. The highest BCUT2D eigenvalue weighted by molar-refractivity contribution is 7.90. The summed E-state index contributed by atoms with van der Waals surface area (Å²) in [7, 11) is -1.86. The van der Waals surface area contributed by atoms with Crippen LogP contribution in [0.2, 0.25) is 5.02 Å². The molecule has 3 rings (SSSR count). The predicted octanol–water partition coefficient (Wildman–Crippen LogP) is 4.39. The number of anilines is 2. The van der Waals surface area contributed by atoms with Crippen LogP contribution in [0, 0.1) is 0 Å². The average Bonchev–Trinajstić information content (AvgIpc) is 2.75. The van der Waals surface area contributed by atoms with Crippen LogP contribution in [0.5, 0.6) is 0 Å². The Morgan fingerprint density at radius 2 is 1.56 bits per heavy atom. The molecule has 0 aliphatic rings. The number of carbonyl (C=O) groups excluding carboxylic acids is 2. The Balaban J connectivity index is 1.72.